The van der Waals surface area contributed by atoms with Crippen molar-refractivity contribution in [3.05, 3.63) is 69.3 Å². The van der Waals surface area contributed by atoms with Crippen molar-refractivity contribution >= 4 is 23.4 Å². The topological polar surface area (TPSA) is 125 Å². The molecule has 3 heterocycles. The number of nitro groups is 1. The van der Waals surface area contributed by atoms with Crippen molar-refractivity contribution in [2.75, 3.05) is 105 Å². The van der Waals surface area contributed by atoms with E-state index in [1.54, 1.807) is 12.1 Å². The lowest BCUT2D eigenvalue weighted by Gasteiger charge is -2.46. The summed E-state index contributed by atoms with van der Waals surface area (Å²) < 4.78 is 35.2. The first-order valence-corrected chi connectivity index (χ1v) is 16.5. The molecule has 262 valence electrons. The van der Waals surface area contributed by atoms with Crippen LogP contribution < -0.4 is 9.64 Å². The Morgan fingerprint density at radius 2 is 1.48 bits per heavy atom. The first-order chi connectivity index (χ1) is 23.2. The summed E-state index contributed by atoms with van der Waals surface area (Å²) in [4.78, 5) is 29.7. The van der Waals surface area contributed by atoms with Crippen molar-refractivity contribution in [2.24, 2.45) is 0 Å². The van der Waals surface area contributed by atoms with E-state index in [0.29, 0.717) is 96.9 Å². The number of non-ortho nitro benzene ring substituents is 1. The number of para-hydroxylation sites is 1. The largest absolute Gasteiger partial charge is 0.468 e. The van der Waals surface area contributed by atoms with Gasteiger partial charge in [0, 0.05) is 68.7 Å². The fraction of sp³-hybridized carbons (Fsp3) is 0.571. The lowest BCUT2D eigenvalue weighted by molar-refractivity contribution is -0.385. The zero-order chi connectivity index (χ0) is 34.1. The second-order valence-corrected chi connectivity index (χ2v) is 12.7. The first kappa shape index (κ1) is 35.7. The van der Waals surface area contributed by atoms with E-state index in [4.69, 9.17) is 28.4 Å². The van der Waals surface area contributed by atoms with E-state index >= 15 is 0 Å². The predicted octanol–water partition coefficient (Wildman–Crippen LogP) is 3.48. The molecular weight excluding hydrogens is 620 g/mol. The van der Waals surface area contributed by atoms with Gasteiger partial charge in [-0.15, -0.1) is 0 Å². The van der Waals surface area contributed by atoms with E-state index in [1.807, 2.05) is 36.2 Å². The van der Waals surface area contributed by atoms with Gasteiger partial charge in [0.05, 0.1) is 76.8 Å². The van der Waals surface area contributed by atoms with E-state index in [1.165, 1.54) is 12.7 Å². The van der Waals surface area contributed by atoms with E-state index in [2.05, 4.69) is 35.8 Å². The molecule has 0 aliphatic carbocycles. The Hall–Kier alpha value is -3.59. The van der Waals surface area contributed by atoms with Crippen molar-refractivity contribution in [1.82, 2.24) is 9.80 Å². The molecule has 1 fully saturated rings. The van der Waals surface area contributed by atoms with Gasteiger partial charge in [0.15, 0.2) is 0 Å². The molecule has 0 amide bonds. The number of nitrogens with zero attached hydrogens (tertiary/aromatic N) is 4. The number of hydrogen-bond acceptors (Lipinski definition) is 12. The molecule has 13 heteroatoms. The summed E-state index contributed by atoms with van der Waals surface area (Å²) in [5.41, 5.74) is 2.47. The second-order valence-electron chi connectivity index (χ2n) is 12.7. The third kappa shape index (κ3) is 7.99. The van der Waals surface area contributed by atoms with Gasteiger partial charge < -0.3 is 33.3 Å². The van der Waals surface area contributed by atoms with Gasteiger partial charge in [0.25, 0.3) is 5.69 Å². The lowest BCUT2D eigenvalue weighted by atomic mass is 9.76. The number of likely N-dealkylation sites (N-methyl/N-ethyl adjacent to an activating group) is 1. The molecule has 13 nitrogen and oxygen atoms in total. The molecule has 1 saturated heterocycles. The van der Waals surface area contributed by atoms with Gasteiger partial charge in [0.2, 0.25) is 5.72 Å². The highest BCUT2D eigenvalue weighted by Crippen LogP contribution is 2.54. The van der Waals surface area contributed by atoms with E-state index in [9.17, 15) is 14.9 Å². The highest BCUT2D eigenvalue weighted by atomic mass is 16.6. The number of methoxy groups -OCH3 is 1. The normalized spacial score (nSPS) is 23.0. The molecule has 0 N–H and O–H groups in total. The van der Waals surface area contributed by atoms with Crippen LogP contribution in [0, 0.1) is 10.1 Å². The summed E-state index contributed by atoms with van der Waals surface area (Å²) >= 11 is 0. The van der Waals surface area contributed by atoms with Gasteiger partial charge in [-0.1, -0.05) is 18.2 Å². The Morgan fingerprint density at radius 3 is 2.04 bits per heavy atom. The van der Waals surface area contributed by atoms with Gasteiger partial charge in [-0.25, -0.2) is 0 Å². The molecular formula is C35H48N4O9. The Bertz CT molecular complexity index is 1430. The summed E-state index contributed by atoms with van der Waals surface area (Å²) in [5.74, 6) is 0.335. The third-order valence-corrected chi connectivity index (χ3v) is 9.39. The Kier molecular flexibility index (Phi) is 12.1. The van der Waals surface area contributed by atoms with Crippen LogP contribution in [0.5, 0.6) is 5.75 Å². The van der Waals surface area contributed by atoms with Crippen molar-refractivity contribution < 1.29 is 38.1 Å². The minimum atomic E-state index is -0.815. The van der Waals surface area contributed by atoms with Crippen molar-refractivity contribution in [3.8, 4) is 5.75 Å². The number of ether oxygens (including phenoxy) is 6. The van der Waals surface area contributed by atoms with Gasteiger partial charge in [-0.3, -0.25) is 24.7 Å². The van der Waals surface area contributed by atoms with Crippen LogP contribution in [-0.4, -0.2) is 126 Å². The fourth-order valence-corrected chi connectivity index (χ4v) is 6.61. The minimum Gasteiger partial charge on any atom is -0.468 e. The standard InChI is InChI=1S/C35H48N4O9/c1-34(2)30-7-5-6-8-31(30)36(3)35(34)10-9-27-23-29(39(41)42)24-28(33(27)48-35)25-37-11-15-44-19-21-46-17-13-38(26-32(40)43-4)14-18-47-22-20-45-16-12-37/h5-10,23-24H,11-22,25-26H2,1-4H3. The molecule has 2 aromatic carbocycles. The molecule has 0 radical (unpaired) electrons. The van der Waals surface area contributed by atoms with Gasteiger partial charge in [-0.05, 0) is 37.6 Å². The molecule has 0 aromatic heterocycles. The van der Waals surface area contributed by atoms with Crippen LogP contribution >= 0.6 is 0 Å². The molecule has 0 saturated carbocycles. The van der Waals surface area contributed by atoms with Crippen LogP contribution in [0.25, 0.3) is 6.08 Å². The summed E-state index contributed by atoms with van der Waals surface area (Å²) in [6.45, 7) is 10.6. The maximum Gasteiger partial charge on any atom is 0.319 e. The average molecular weight is 669 g/mol. The van der Waals surface area contributed by atoms with Crippen LogP contribution in [-0.2, 0) is 40.4 Å². The molecule has 2 aromatic rings. The number of anilines is 1. The molecule has 3 aliphatic heterocycles. The zero-order valence-corrected chi connectivity index (χ0v) is 28.5. The fourth-order valence-electron chi connectivity index (χ4n) is 6.61. The van der Waals surface area contributed by atoms with Crippen LogP contribution in [0.2, 0.25) is 0 Å². The van der Waals surface area contributed by atoms with E-state index in [0.717, 1.165) is 11.3 Å². The number of fused-ring (bicyclic) bond motifs is 2. The lowest BCUT2D eigenvalue weighted by Crippen LogP contribution is -2.58. The number of carbonyl (C=O) groups excluding carboxylic acids is 1. The van der Waals surface area contributed by atoms with Crippen molar-refractivity contribution in [1.29, 1.82) is 0 Å². The smallest absolute Gasteiger partial charge is 0.319 e. The number of benzene rings is 2. The zero-order valence-electron chi connectivity index (χ0n) is 28.5. The molecule has 1 atom stereocenters. The molecule has 3 aliphatic rings. The second kappa shape index (κ2) is 16.2. The Balaban J connectivity index is 1.30. The SMILES string of the molecule is COC(=O)CN1CCOCCOCCN(Cc2cc([N+](=O)[O-])cc3c2OC2(C=C3)N(C)c3ccccc3C2(C)C)CCOCCOCC1. The van der Waals surface area contributed by atoms with Crippen LogP contribution in [0.4, 0.5) is 11.4 Å². The summed E-state index contributed by atoms with van der Waals surface area (Å²) in [6, 6.07) is 11.5. The maximum atomic E-state index is 12.0. The number of esters is 1. The van der Waals surface area contributed by atoms with E-state index < -0.39 is 11.1 Å². The van der Waals surface area contributed by atoms with Gasteiger partial charge >= 0.3 is 5.97 Å². The molecule has 48 heavy (non-hydrogen) atoms. The predicted molar refractivity (Wildman–Crippen MR) is 180 cm³/mol. The number of carbonyl (C=O) groups is 1. The molecule has 1 spiro atoms. The van der Waals surface area contributed by atoms with Crippen LogP contribution in [0.15, 0.2) is 42.5 Å². The average Bonchev–Trinajstić information content (AvgIpc) is 3.23. The minimum absolute atomic E-state index is 0.0172. The molecule has 1 unspecified atom stereocenters. The number of nitro benzene ring substituents is 1. The Labute approximate surface area is 282 Å². The summed E-state index contributed by atoms with van der Waals surface area (Å²) in [5, 5.41) is 12.0. The Morgan fingerprint density at radius 1 is 0.896 bits per heavy atom. The quantitative estimate of drug-likeness (QED) is 0.263. The third-order valence-electron chi connectivity index (χ3n) is 9.39. The molecule has 5 rings (SSSR count). The summed E-state index contributed by atoms with van der Waals surface area (Å²) in [7, 11) is 3.41. The van der Waals surface area contributed by atoms with Crippen molar-refractivity contribution in [3.63, 3.8) is 0 Å². The number of rotatable bonds is 5. The highest BCUT2D eigenvalue weighted by Gasteiger charge is 2.57. The van der Waals surface area contributed by atoms with Crippen molar-refractivity contribution in [2.45, 2.75) is 31.5 Å². The highest BCUT2D eigenvalue weighted by molar-refractivity contribution is 5.74. The monoisotopic (exact) mass is 668 g/mol. The number of hydrogen-bond donors (Lipinski definition) is 0. The summed E-state index contributed by atoms with van der Waals surface area (Å²) in [6.07, 6.45) is 3.99. The maximum absolute atomic E-state index is 12.0. The first-order valence-electron chi connectivity index (χ1n) is 16.5. The van der Waals surface area contributed by atoms with Crippen LogP contribution in [0.3, 0.4) is 0 Å². The van der Waals surface area contributed by atoms with Gasteiger partial charge in [0.1, 0.15) is 5.75 Å². The van der Waals surface area contributed by atoms with Crippen LogP contribution in [0.1, 0.15) is 30.5 Å². The van der Waals surface area contributed by atoms with E-state index in [-0.39, 0.29) is 23.1 Å². The molecule has 0 bridgehead atoms. The van der Waals surface area contributed by atoms with Gasteiger partial charge in [-0.2, -0.15) is 0 Å².